The molecule has 0 fully saturated rings. The van der Waals surface area contributed by atoms with Gasteiger partial charge in [0, 0.05) is 19.6 Å². The van der Waals surface area contributed by atoms with Gasteiger partial charge in [-0.15, -0.1) is 0 Å². The van der Waals surface area contributed by atoms with Crippen LogP contribution in [-0.2, 0) is 9.59 Å². The first-order valence-electron chi connectivity index (χ1n) is 8.44. The van der Waals surface area contributed by atoms with Crippen LogP contribution in [-0.4, -0.2) is 24.7 Å². The van der Waals surface area contributed by atoms with E-state index in [1.807, 2.05) is 24.3 Å². The Morgan fingerprint density at radius 2 is 1.56 bits per heavy atom. The highest BCUT2D eigenvalue weighted by atomic mass is 16.2. The van der Waals surface area contributed by atoms with Crippen LogP contribution in [0.1, 0.15) is 56.1 Å². The van der Waals surface area contributed by atoms with Gasteiger partial charge in [0.15, 0.2) is 0 Å². The Morgan fingerprint density at radius 3 is 2.20 bits per heavy atom. The fourth-order valence-corrected chi connectivity index (χ4v) is 2.25. The Labute approximate surface area is 149 Å². The monoisotopic (exact) mass is 342 g/mol. The maximum Gasteiger partial charge on any atom is 0.240 e. The minimum atomic E-state index is -0.106. The Hall–Kier alpha value is -2.76. The molecule has 134 valence electrons. The predicted octanol–water partition coefficient (Wildman–Crippen LogP) is 3.24. The van der Waals surface area contributed by atoms with Gasteiger partial charge in [0.25, 0.3) is 0 Å². The highest BCUT2D eigenvalue weighted by Crippen LogP contribution is 2.07. The summed E-state index contributed by atoms with van der Waals surface area (Å²) < 4.78 is 0. The number of hydrazone groups is 2. The largest absolute Gasteiger partial charge is 0.273 e. The normalized spacial score (nSPS) is 10.4. The van der Waals surface area contributed by atoms with Gasteiger partial charge in [-0.3, -0.25) is 9.59 Å². The van der Waals surface area contributed by atoms with Crippen molar-refractivity contribution in [1.29, 1.82) is 0 Å². The van der Waals surface area contributed by atoms with E-state index >= 15 is 0 Å². The van der Waals surface area contributed by atoms with Gasteiger partial charge in [0.2, 0.25) is 11.8 Å². The molecule has 0 radical (unpaired) electrons. The van der Waals surface area contributed by atoms with Crippen molar-refractivity contribution in [2.75, 3.05) is 0 Å². The van der Waals surface area contributed by atoms with E-state index < -0.39 is 0 Å². The summed E-state index contributed by atoms with van der Waals surface area (Å²) in [4.78, 5) is 22.8. The molecule has 0 unspecified atom stereocenters. The average molecular weight is 342 g/mol. The fourth-order valence-electron chi connectivity index (χ4n) is 2.25. The SMILES string of the molecule is C=Cc1cccc(/C=N\NC(=O)CCCCCCCC(=O)NN=C)c1. The van der Waals surface area contributed by atoms with Gasteiger partial charge in [-0.1, -0.05) is 50.1 Å². The van der Waals surface area contributed by atoms with Gasteiger partial charge in [-0.05, 0) is 30.0 Å². The summed E-state index contributed by atoms with van der Waals surface area (Å²) in [5.41, 5.74) is 6.76. The van der Waals surface area contributed by atoms with E-state index in [1.165, 1.54) is 0 Å². The van der Waals surface area contributed by atoms with Crippen molar-refractivity contribution in [1.82, 2.24) is 10.9 Å². The summed E-state index contributed by atoms with van der Waals surface area (Å²) >= 11 is 0. The molecule has 1 rings (SSSR count). The summed E-state index contributed by atoms with van der Waals surface area (Å²) in [5, 5.41) is 7.29. The summed E-state index contributed by atoms with van der Waals surface area (Å²) in [7, 11) is 0. The number of carbonyl (C=O) groups excluding carboxylic acids is 2. The van der Waals surface area contributed by atoms with Crippen LogP contribution in [0.4, 0.5) is 0 Å². The van der Waals surface area contributed by atoms with Gasteiger partial charge >= 0.3 is 0 Å². The van der Waals surface area contributed by atoms with E-state index in [1.54, 1.807) is 12.3 Å². The zero-order chi connectivity index (χ0) is 18.3. The van der Waals surface area contributed by atoms with E-state index in [9.17, 15) is 9.59 Å². The first-order chi connectivity index (χ1) is 12.2. The first kappa shape index (κ1) is 20.3. The van der Waals surface area contributed by atoms with Crippen LogP contribution >= 0.6 is 0 Å². The van der Waals surface area contributed by atoms with Gasteiger partial charge in [-0.2, -0.15) is 10.2 Å². The van der Waals surface area contributed by atoms with E-state index in [-0.39, 0.29) is 11.8 Å². The standard InChI is InChI=1S/C19H26N4O2/c1-3-16-10-9-11-17(14-16)15-21-23-19(25)13-8-6-4-5-7-12-18(24)22-20-2/h3,9-11,14-15H,1-2,4-8,12-13H2,(H,22,24)(H,23,25)/b21-15-. The summed E-state index contributed by atoms with van der Waals surface area (Å²) in [6.07, 6.45) is 8.85. The van der Waals surface area contributed by atoms with Gasteiger partial charge < -0.3 is 0 Å². The fraction of sp³-hybridized carbons (Fsp3) is 0.368. The Morgan fingerprint density at radius 1 is 0.960 bits per heavy atom. The van der Waals surface area contributed by atoms with Crippen LogP contribution in [0.3, 0.4) is 0 Å². The van der Waals surface area contributed by atoms with Crippen molar-refractivity contribution < 1.29 is 9.59 Å². The van der Waals surface area contributed by atoms with Crippen molar-refractivity contribution in [3.63, 3.8) is 0 Å². The second-order valence-corrected chi connectivity index (χ2v) is 5.63. The third-order valence-electron chi connectivity index (χ3n) is 3.56. The molecule has 6 nitrogen and oxygen atoms in total. The van der Waals surface area contributed by atoms with Crippen molar-refractivity contribution in [2.24, 2.45) is 10.2 Å². The number of benzene rings is 1. The molecular weight excluding hydrogens is 316 g/mol. The zero-order valence-corrected chi connectivity index (χ0v) is 14.5. The van der Waals surface area contributed by atoms with Gasteiger partial charge in [0.1, 0.15) is 0 Å². The van der Waals surface area contributed by atoms with Crippen molar-refractivity contribution in [3.8, 4) is 0 Å². The van der Waals surface area contributed by atoms with E-state index in [2.05, 4.69) is 34.4 Å². The molecule has 0 aromatic heterocycles. The minimum Gasteiger partial charge on any atom is -0.273 e. The number of amides is 2. The number of carbonyl (C=O) groups is 2. The minimum absolute atomic E-state index is 0.0902. The van der Waals surface area contributed by atoms with Crippen LogP contribution in [0, 0.1) is 0 Å². The number of hydrogen-bond donors (Lipinski definition) is 2. The molecule has 25 heavy (non-hydrogen) atoms. The van der Waals surface area contributed by atoms with Gasteiger partial charge in [-0.25, -0.2) is 10.9 Å². The number of nitrogens with one attached hydrogen (secondary N) is 2. The summed E-state index contributed by atoms with van der Waals surface area (Å²) in [6, 6.07) is 7.71. The maximum atomic E-state index is 11.7. The number of hydrogen-bond acceptors (Lipinski definition) is 4. The average Bonchev–Trinajstić information content (AvgIpc) is 2.61. The molecular formula is C19H26N4O2. The molecule has 0 aliphatic heterocycles. The Bertz CT molecular complexity index is 611. The lowest BCUT2D eigenvalue weighted by molar-refractivity contribution is -0.121. The van der Waals surface area contributed by atoms with E-state index in [0.717, 1.165) is 43.2 Å². The van der Waals surface area contributed by atoms with Crippen LogP contribution in [0.25, 0.3) is 6.08 Å². The highest BCUT2D eigenvalue weighted by molar-refractivity contribution is 5.83. The molecule has 0 heterocycles. The lowest BCUT2D eigenvalue weighted by atomic mass is 10.1. The molecule has 2 amide bonds. The second kappa shape index (κ2) is 12.6. The molecule has 0 spiro atoms. The molecule has 0 saturated carbocycles. The smallest absolute Gasteiger partial charge is 0.240 e. The predicted molar refractivity (Wildman–Crippen MR) is 102 cm³/mol. The van der Waals surface area contributed by atoms with E-state index in [4.69, 9.17) is 0 Å². The lowest BCUT2D eigenvalue weighted by Gasteiger charge is -2.02. The zero-order valence-electron chi connectivity index (χ0n) is 14.5. The first-order valence-corrected chi connectivity index (χ1v) is 8.44. The number of rotatable bonds is 12. The summed E-state index contributed by atoms with van der Waals surface area (Å²) in [5.74, 6) is -0.196. The lowest BCUT2D eigenvalue weighted by Crippen LogP contribution is -2.17. The molecule has 0 saturated heterocycles. The van der Waals surface area contributed by atoms with Crippen molar-refractivity contribution >= 4 is 30.8 Å². The molecule has 0 aliphatic carbocycles. The highest BCUT2D eigenvalue weighted by Gasteiger charge is 2.01. The molecule has 2 N–H and O–H groups in total. The molecule has 0 bridgehead atoms. The second-order valence-electron chi connectivity index (χ2n) is 5.63. The number of unbranched alkanes of at least 4 members (excludes halogenated alkanes) is 4. The van der Waals surface area contributed by atoms with Crippen LogP contribution < -0.4 is 10.9 Å². The Balaban J connectivity index is 2.08. The van der Waals surface area contributed by atoms with Crippen molar-refractivity contribution in [2.45, 2.75) is 44.9 Å². The Kier molecular flexibility index (Phi) is 10.3. The quantitative estimate of drug-likeness (QED) is 0.347. The molecule has 0 aliphatic rings. The topological polar surface area (TPSA) is 82.9 Å². The van der Waals surface area contributed by atoms with Gasteiger partial charge in [0.05, 0.1) is 6.21 Å². The summed E-state index contributed by atoms with van der Waals surface area (Å²) in [6.45, 7) is 6.92. The number of nitrogens with zero attached hydrogens (tertiary/aromatic N) is 2. The molecule has 0 atom stereocenters. The third-order valence-corrected chi connectivity index (χ3v) is 3.56. The van der Waals surface area contributed by atoms with Crippen molar-refractivity contribution in [3.05, 3.63) is 42.0 Å². The maximum absolute atomic E-state index is 11.7. The molecule has 1 aromatic carbocycles. The van der Waals surface area contributed by atoms with Crippen LogP contribution in [0.5, 0.6) is 0 Å². The third kappa shape index (κ3) is 9.86. The van der Waals surface area contributed by atoms with Crippen LogP contribution in [0.15, 0.2) is 41.0 Å². The molecule has 6 heteroatoms. The van der Waals surface area contributed by atoms with E-state index in [0.29, 0.717) is 12.8 Å². The van der Waals surface area contributed by atoms with Crippen LogP contribution in [0.2, 0.25) is 0 Å². The molecule has 1 aromatic rings.